The van der Waals surface area contributed by atoms with Crippen LogP contribution in [0.2, 0.25) is 0 Å². The van der Waals surface area contributed by atoms with Crippen LogP contribution in [0.3, 0.4) is 0 Å². The van der Waals surface area contributed by atoms with Crippen LogP contribution in [0.5, 0.6) is 0 Å². The van der Waals surface area contributed by atoms with Crippen molar-refractivity contribution in [2.24, 2.45) is 0 Å². The Balaban J connectivity index is 2.01. The first-order valence-electron chi connectivity index (χ1n) is 2.21. The maximum atomic E-state index is 2.25. The molecule has 0 aromatic heterocycles. The van der Waals surface area contributed by atoms with E-state index in [1.807, 2.05) is 21.6 Å². The fourth-order valence-corrected chi connectivity index (χ4v) is 2.44. The van der Waals surface area contributed by atoms with Crippen molar-refractivity contribution in [3.63, 3.8) is 0 Å². The molecule has 2 heteroatoms. The first-order valence-corrected chi connectivity index (χ1v) is 4.60. The average Bonchev–Trinajstić information content (AvgIpc) is 1.31. The van der Waals surface area contributed by atoms with Gasteiger partial charge in [0.25, 0.3) is 0 Å². The predicted molar refractivity (Wildman–Crippen MR) is 34.1 cm³/mol. The molecule has 1 heterocycles. The van der Waals surface area contributed by atoms with Gasteiger partial charge in [0, 0.05) is 11.0 Å². The molecule has 1 saturated heterocycles. The molecule has 0 bridgehead atoms. The van der Waals surface area contributed by atoms with Crippen LogP contribution in [0.25, 0.3) is 0 Å². The standard InChI is InChI=1S/C4H8S2/c1-2-4-3-5-6-4/h4H,2-3H2,1H3. The molecule has 1 rings (SSSR count). The Bertz CT molecular complexity index is 38.1. The van der Waals surface area contributed by atoms with Gasteiger partial charge in [-0.25, -0.2) is 0 Å². The van der Waals surface area contributed by atoms with Crippen molar-refractivity contribution >= 4 is 21.6 Å². The first kappa shape index (κ1) is 4.85. The van der Waals surface area contributed by atoms with Gasteiger partial charge in [-0.3, -0.25) is 0 Å². The minimum atomic E-state index is 0.995. The lowest BCUT2D eigenvalue weighted by molar-refractivity contribution is 0.915. The molecule has 36 valence electrons. The van der Waals surface area contributed by atoms with E-state index in [-0.39, 0.29) is 0 Å². The van der Waals surface area contributed by atoms with Gasteiger partial charge in [-0.05, 0) is 6.42 Å². The zero-order chi connectivity index (χ0) is 4.41. The summed E-state index contributed by atoms with van der Waals surface area (Å²) in [6.07, 6.45) is 1.36. The van der Waals surface area contributed by atoms with Crippen molar-refractivity contribution in [1.29, 1.82) is 0 Å². The molecule has 0 aliphatic carbocycles. The Morgan fingerprint density at radius 3 is 2.50 bits per heavy atom. The molecule has 1 aliphatic heterocycles. The summed E-state index contributed by atoms with van der Waals surface area (Å²) in [5, 5.41) is 0.995. The Kier molecular flexibility index (Phi) is 1.72. The second kappa shape index (κ2) is 2.12. The smallest absolute Gasteiger partial charge is 0.0247 e. The van der Waals surface area contributed by atoms with E-state index in [4.69, 9.17) is 0 Å². The van der Waals surface area contributed by atoms with Gasteiger partial charge >= 0.3 is 0 Å². The van der Waals surface area contributed by atoms with Crippen LogP contribution in [0.15, 0.2) is 0 Å². The molecule has 0 amide bonds. The minimum Gasteiger partial charge on any atom is -0.0927 e. The van der Waals surface area contributed by atoms with Crippen molar-refractivity contribution < 1.29 is 0 Å². The van der Waals surface area contributed by atoms with Crippen molar-refractivity contribution in [1.82, 2.24) is 0 Å². The maximum Gasteiger partial charge on any atom is 0.0247 e. The highest BCUT2D eigenvalue weighted by atomic mass is 33.1. The SMILES string of the molecule is CCC1CSS1. The molecule has 0 spiro atoms. The van der Waals surface area contributed by atoms with Gasteiger partial charge < -0.3 is 0 Å². The lowest BCUT2D eigenvalue weighted by atomic mass is 10.4. The largest absolute Gasteiger partial charge is 0.0927 e. The van der Waals surface area contributed by atoms with E-state index < -0.39 is 0 Å². The molecule has 1 fully saturated rings. The molecule has 1 unspecified atom stereocenters. The monoisotopic (exact) mass is 120 g/mol. The van der Waals surface area contributed by atoms with Crippen LogP contribution in [0.1, 0.15) is 13.3 Å². The Labute approximate surface area is 46.5 Å². The Morgan fingerprint density at radius 1 is 1.83 bits per heavy atom. The number of hydrogen-bond donors (Lipinski definition) is 0. The van der Waals surface area contributed by atoms with Crippen molar-refractivity contribution in [2.45, 2.75) is 18.6 Å². The normalized spacial score (nSPS) is 32.5. The molecule has 1 aliphatic rings. The second-order valence-electron chi connectivity index (χ2n) is 1.41. The van der Waals surface area contributed by atoms with Crippen LogP contribution in [0, 0.1) is 0 Å². The summed E-state index contributed by atoms with van der Waals surface area (Å²) in [6.45, 7) is 2.25. The van der Waals surface area contributed by atoms with Gasteiger partial charge in [0.05, 0.1) is 0 Å². The maximum absolute atomic E-state index is 2.25. The molecular weight excluding hydrogens is 112 g/mol. The van der Waals surface area contributed by atoms with E-state index in [1.165, 1.54) is 12.2 Å². The van der Waals surface area contributed by atoms with Gasteiger partial charge in [0.2, 0.25) is 0 Å². The summed E-state index contributed by atoms with van der Waals surface area (Å²) in [4.78, 5) is 0. The molecular formula is C4H8S2. The third kappa shape index (κ3) is 0.850. The molecule has 0 nitrogen and oxygen atoms in total. The average molecular weight is 120 g/mol. The number of hydrogen-bond acceptors (Lipinski definition) is 2. The van der Waals surface area contributed by atoms with Crippen molar-refractivity contribution in [3.05, 3.63) is 0 Å². The molecule has 0 aromatic carbocycles. The van der Waals surface area contributed by atoms with Crippen molar-refractivity contribution in [2.75, 3.05) is 5.75 Å². The summed E-state index contributed by atoms with van der Waals surface area (Å²) in [5.41, 5.74) is 0. The Morgan fingerprint density at radius 2 is 2.50 bits per heavy atom. The van der Waals surface area contributed by atoms with Crippen molar-refractivity contribution in [3.8, 4) is 0 Å². The van der Waals surface area contributed by atoms with Crippen LogP contribution < -0.4 is 0 Å². The molecule has 0 radical (unpaired) electrons. The fourth-order valence-electron chi connectivity index (χ4n) is 0.350. The highest BCUT2D eigenvalue weighted by Crippen LogP contribution is 2.41. The Hall–Kier alpha value is 0.700. The van der Waals surface area contributed by atoms with Gasteiger partial charge in [-0.15, -0.1) is 0 Å². The summed E-state index contributed by atoms with van der Waals surface area (Å²) < 4.78 is 0. The highest BCUT2D eigenvalue weighted by Gasteiger charge is 2.15. The van der Waals surface area contributed by atoms with Gasteiger partial charge in [-0.1, -0.05) is 28.5 Å². The predicted octanol–water partition coefficient (Wildman–Crippen LogP) is 2.16. The van der Waals surface area contributed by atoms with Gasteiger partial charge in [0.1, 0.15) is 0 Å². The second-order valence-corrected chi connectivity index (χ2v) is 4.12. The lowest BCUT2D eigenvalue weighted by Gasteiger charge is -2.20. The van der Waals surface area contributed by atoms with Crippen LogP contribution >= 0.6 is 21.6 Å². The van der Waals surface area contributed by atoms with Gasteiger partial charge in [-0.2, -0.15) is 0 Å². The molecule has 0 N–H and O–H groups in total. The van der Waals surface area contributed by atoms with E-state index in [0.717, 1.165) is 5.25 Å². The van der Waals surface area contributed by atoms with Crippen LogP contribution in [0.4, 0.5) is 0 Å². The molecule has 1 atom stereocenters. The number of rotatable bonds is 1. The first-order chi connectivity index (χ1) is 2.93. The van der Waals surface area contributed by atoms with Crippen LogP contribution in [-0.4, -0.2) is 11.0 Å². The molecule has 0 saturated carbocycles. The summed E-state index contributed by atoms with van der Waals surface area (Å²) in [6, 6.07) is 0. The van der Waals surface area contributed by atoms with E-state index in [0.29, 0.717) is 0 Å². The van der Waals surface area contributed by atoms with E-state index in [2.05, 4.69) is 6.92 Å². The quantitative estimate of drug-likeness (QED) is 0.486. The third-order valence-electron chi connectivity index (χ3n) is 0.913. The minimum absolute atomic E-state index is 0.995. The zero-order valence-electron chi connectivity index (χ0n) is 3.81. The summed E-state index contributed by atoms with van der Waals surface area (Å²) in [7, 11) is 4.01. The summed E-state index contributed by atoms with van der Waals surface area (Å²) >= 11 is 0. The van der Waals surface area contributed by atoms with E-state index in [1.54, 1.807) is 0 Å². The fraction of sp³-hybridized carbons (Fsp3) is 1.00. The zero-order valence-corrected chi connectivity index (χ0v) is 5.44. The van der Waals surface area contributed by atoms with Crippen LogP contribution in [-0.2, 0) is 0 Å². The van der Waals surface area contributed by atoms with Gasteiger partial charge in [0.15, 0.2) is 0 Å². The topological polar surface area (TPSA) is 0 Å². The lowest BCUT2D eigenvalue weighted by Crippen LogP contribution is -2.09. The van der Waals surface area contributed by atoms with E-state index >= 15 is 0 Å². The van der Waals surface area contributed by atoms with E-state index in [9.17, 15) is 0 Å². The highest BCUT2D eigenvalue weighted by molar-refractivity contribution is 8.79. The third-order valence-corrected chi connectivity index (χ3v) is 4.20. The molecule has 0 aromatic rings. The molecule has 6 heavy (non-hydrogen) atoms. The summed E-state index contributed by atoms with van der Waals surface area (Å²) in [5.74, 6) is 1.39.